The van der Waals surface area contributed by atoms with E-state index in [0.29, 0.717) is 5.56 Å². The van der Waals surface area contributed by atoms with Gasteiger partial charge in [-0.2, -0.15) is 0 Å². The molecule has 3 heterocycles. The predicted molar refractivity (Wildman–Crippen MR) is 123 cm³/mol. The number of carbonyl (C=O) groups excluding carboxylic acids is 1. The fourth-order valence-corrected chi connectivity index (χ4v) is 4.42. The van der Waals surface area contributed by atoms with Gasteiger partial charge in [-0.25, -0.2) is 9.78 Å². The number of hydrogen-bond donors (Lipinski definition) is 1. The molecule has 0 saturated heterocycles. The number of rotatable bonds is 4. The average Bonchev–Trinajstić information content (AvgIpc) is 3.13. The number of nitrogens with zero attached hydrogens (tertiary/aromatic N) is 2. The second-order valence-corrected chi connectivity index (χ2v) is 8.05. The van der Waals surface area contributed by atoms with Crippen LogP contribution in [-0.2, 0) is 9.47 Å². The second kappa shape index (κ2) is 8.13. The van der Waals surface area contributed by atoms with Crippen molar-refractivity contribution in [3.8, 4) is 0 Å². The first-order valence-electron chi connectivity index (χ1n) is 10.7. The van der Waals surface area contributed by atoms with Crippen LogP contribution in [0.25, 0.3) is 5.65 Å². The lowest BCUT2D eigenvalue weighted by Gasteiger charge is -2.39. The second-order valence-electron chi connectivity index (χ2n) is 8.05. The van der Waals surface area contributed by atoms with Crippen LogP contribution in [-0.4, -0.2) is 28.6 Å². The van der Waals surface area contributed by atoms with E-state index < -0.39 is 12.2 Å². The van der Waals surface area contributed by atoms with Gasteiger partial charge in [0.05, 0.1) is 23.0 Å². The van der Waals surface area contributed by atoms with Gasteiger partial charge in [-0.05, 0) is 37.6 Å². The molecule has 4 aromatic rings. The smallest absolute Gasteiger partial charge is 0.338 e. The summed E-state index contributed by atoms with van der Waals surface area (Å²) >= 11 is 0. The van der Waals surface area contributed by atoms with Gasteiger partial charge in [-0.1, -0.05) is 48.5 Å². The highest BCUT2D eigenvalue weighted by Crippen LogP contribution is 2.44. The van der Waals surface area contributed by atoms with E-state index in [1.807, 2.05) is 67.7 Å². The Morgan fingerprint density at radius 3 is 2.38 bits per heavy atom. The zero-order chi connectivity index (χ0) is 22.2. The number of pyridine rings is 1. The van der Waals surface area contributed by atoms with Crippen molar-refractivity contribution in [1.29, 1.82) is 0 Å². The molecule has 3 unspecified atom stereocenters. The summed E-state index contributed by atoms with van der Waals surface area (Å²) in [6.45, 7) is 4.06. The fraction of sp³-hybridized carbons (Fsp3) is 0.231. The number of methoxy groups -OCH3 is 1. The maximum atomic E-state index is 13.0. The van der Waals surface area contributed by atoms with E-state index >= 15 is 0 Å². The summed E-state index contributed by atoms with van der Waals surface area (Å²) in [5, 5.41) is 3.63. The molecular weight excluding hydrogens is 402 g/mol. The average molecular weight is 428 g/mol. The highest BCUT2D eigenvalue weighted by atomic mass is 16.6. The molecule has 1 aliphatic rings. The topological polar surface area (TPSA) is 64.9 Å². The van der Waals surface area contributed by atoms with E-state index in [2.05, 4.69) is 16.6 Å². The molecule has 32 heavy (non-hydrogen) atoms. The van der Waals surface area contributed by atoms with Crippen molar-refractivity contribution in [2.75, 3.05) is 12.4 Å². The van der Waals surface area contributed by atoms with Crippen molar-refractivity contribution in [3.63, 3.8) is 0 Å². The lowest BCUT2D eigenvalue weighted by molar-refractivity contribution is -0.0478. The molecule has 0 bridgehead atoms. The Kier molecular flexibility index (Phi) is 5.15. The highest BCUT2D eigenvalue weighted by molar-refractivity contribution is 5.89. The number of benzene rings is 2. The van der Waals surface area contributed by atoms with Crippen LogP contribution in [0.5, 0.6) is 0 Å². The van der Waals surface area contributed by atoms with E-state index in [1.165, 1.54) is 0 Å². The lowest BCUT2D eigenvalue weighted by atomic mass is 9.88. The molecular formula is C26H25N3O3. The number of aromatic nitrogens is 2. The van der Waals surface area contributed by atoms with Gasteiger partial charge in [0.25, 0.3) is 0 Å². The number of ether oxygens (including phenoxy) is 2. The molecule has 2 aromatic heterocycles. The minimum atomic E-state index is -0.567. The Hall–Kier alpha value is -3.64. The summed E-state index contributed by atoms with van der Waals surface area (Å²) < 4.78 is 14.1. The van der Waals surface area contributed by atoms with Gasteiger partial charge >= 0.3 is 5.97 Å². The molecule has 162 valence electrons. The molecule has 1 aliphatic heterocycles. The molecule has 0 fully saturated rings. The largest absolute Gasteiger partial charge is 0.453 e. The Morgan fingerprint density at radius 1 is 1.00 bits per heavy atom. The van der Waals surface area contributed by atoms with E-state index in [0.717, 1.165) is 33.8 Å². The summed E-state index contributed by atoms with van der Waals surface area (Å²) in [7, 11) is 1.65. The van der Waals surface area contributed by atoms with Crippen molar-refractivity contribution in [2.45, 2.75) is 32.1 Å². The number of hydrogen-bond acceptors (Lipinski definition) is 5. The third kappa shape index (κ3) is 3.33. The molecule has 1 N–H and O–H groups in total. The van der Waals surface area contributed by atoms with Gasteiger partial charge in [0.2, 0.25) is 0 Å². The van der Waals surface area contributed by atoms with E-state index in [-0.39, 0.29) is 12.0 Å². The van der Waals surface area contributed by atoms with Crippen LogP contribution in [0.3, 0.4) is 0 Å². The van der Waals surface area contributed by atoms with Crippen molar-refractivity contribution < 1.29 is 14.3 Å². The molecule has 0 spiro atoms. The predicted octanol–water partition coefficient (Wildman–Crippen LogP) is 5.03. The number of nitrogens with one attached hydrogen (secondary N) is 1. The number of anilines is 1. The molecule has 0 radical (unpaired) electrons. The maximum Gasteiger partial charge on any atom is 0.338 e. The third-order valence-corrected chi connectivity index (χ3v) is 6.20. The molecule has 0 amide bonds. The van der Waals surface area contributed by atoms with Gasteiger partial charge in [-0.15, -0.1) is 0 Å². The normalized spacial score (nSPS) is 19.9. The van der Waals surface area contributed by atoms with Gasteiger partial charge in [0.1, 0.15) is 6.10 Å². The molecule has 5 rings (SSSR count). The van der Waals surface area contributed by atoms with Crippen LogP contribution in [0.1, 0.15) is 45.0 Å². The van der Waals surface area contributed by atoms with Gasteiger partial charge in [0, 0.05) is 24.6 Å². The maximum absolute atomic E-state index is 13.0. The van der Waals surface area contributed by atoms with E-state index in [4.69, 9.17) is 14.5 Å². The zero-order valence-corrected chi connectivity index (χ0v) is 18.3. The van der Waals surface area contributed by atoms with E-state index in [1.54, 1.807) is 19.2 Å². The summed E-state index contributed by atoms with van der Waals surface area (Å²) in [5.41, 5.74) is 6.24. The first kappa shape index (κ1) is 20.3. The minimum absolute atomic E-state index is 0.301. The molecule has 0 saturated carbocycles. The quantitative estimate of drug-likeness (QED) is 0.463. The summed E-state index contributed by atoms with van der Waals surface area (Å²) in [6, 6.07) is 20.7. The molecule has 6 nitrogen and oxygen atoms in total. The minimum Gasteiger partial charge on any atom is -0.453 e. The van der Waals surface area contributed by atoms with Crippen molar-refractivity contribution >= 4 is 17.3 Å². The zero-order valence-electron chi connectivity index (χ0n) is 18.3. The van der Waals surface area contributed by atoms with Crippen LogP contribution < -0.4 is 5.32 Å². The Morgan fingerprint density at radius 2 is 1.69 bits per heavy atom. The molecule has 2 aromatic carbocycles. The Balaban J connectivity index is 1.63. The van der Waals surface area contributed by atoms with Crippen LogP contribution in [0, 0.1) is 13.8 Å². The van der Waals surface area contributed by atoms with E-state index in [9.17, 15) is 4.79 Å². The number of esters is 1. The number of fused-ring (bicyclic) bond motifs is 3. The van der Waals surface area contributed by atoms with Crippen LogP contribution >= 0.6 is 0 Å². The van der Waals surface area contributed by atoms with Crippen LogP contribution in [0.15, 0.2) is 72.9 Å². The SMILES string of the molecule is COC1c2ccn3c(C)c(C)nc3c2NC(c2ccccc2)C1OC(=O)c1ccccc1. The summed E-state index contributed by atoms with van der Waals surface area (Å²) in [6.07, 6.45) is 0.976. The lowest BCUT2D eigenvalue weighted by Crippen LogP contribution is -2.40. The highest BCUT2D eigenvalue weighted by Gasteiger charge is 2.42. The number of aryl methyl sites for hydroxylation is 2. The molecule has 6 heteroatoms. The first-order chi connectivity index (χ1) is 15.6. The van der Waals surface area contributed by atoms with Crippen molar-refractivity contribution in [2.24, 2.45) is 0 Å². The molecule has 0 aliphatic carbocycles. The van der Waals surface area contributed by atoms with Gasteiger partial charge in [0.15, 0.2) is 11.8 Å². The first-order valence-corrected chi connectivity index (χ1v) is 10.7. The van der Waals surface area contributed by atoms with Crippen LogP contribution in [0.4, 0.5) is 5.69 Å². The Labute approximate surface area is 186 Å². The summed E-state index contributed by atoms with van der Waals surface area (Å²) in [5.74, 6) is -0.377. The molecule has 3 atom stereocenters. The van der Waals surface area contributed by atoms with Crippen LogP contribution in [0.2, 0.25) is 0 Å². The Bertz CT molecular complexity index is 1270. The fourth-order valence-electron chi connectivity index (χ4n) is 4.42. The number of carbonyl (C=O) groups is 1. The van der Waals surface area contributed by atoms with Gasteiger partial charge < -0.3 is 19.2 Å². The standard InChI is InChI=1S/C26H25N3O3/c1-16-17(2)29-15-14-20-22(25(29)27-16)28-21(18-10-6-4-7-11-18)24(23(20)31-3)32-26(30)19-12-8-5-9-13-19/h4-15,21,23-24,28H,1-3H3. The van der Waals surface area contributed by atoms with Gasteiger partial charge in [-0.3, -0.25) is 0 Å². The number of imidazole rings is 1. The van der Waals surface area contributed by atoms with Crippen molar-refractivity contribution in [1.82, 2.24) is 9.38 Å². The third-order valence-electron chi connectivity index (χ3n) is 6.20. The summed E-state index contributed by atoms with van der Waals surface area (Å²) in [4.78, 5) is 17.8. The van der Waals surface area contributed by atoms with Crippen molar-refractivity contribution in [3.05, 3.63) is 101 Å². The monoisotopic (exact) mass is 427 g/mol.